The summed E-state index contributed by atoms with van der Waals surface area (Å²) in [6.45, 7) is 7.61. The van der Waals surface area contributed by atoms with E-state index in [1.165, 1.54) is 30.6 Å². The van der Waals surface area contributed by atoms with Crippen LogP contribution in [-0.4, -0.2) is 42.0 Å². The predicted molar refractivity (Wildman–Crippen MR) is 89.1 cm³/mol. The van der Waals surface area contributed by atoms with Crippen LogP contribution in [0.3, 0.4) is 0 Å². The Morgan fingerprint density at radius 1 is 1.19 bits per heavy atom. The zero-order valence-electron chi connectivity index (χ0n) is 13.1. The molecule has 1 aliphatic rings. The molecule has 1 aliphatic heterocycles. The SMILES string of the molecule is CCN(CC)c1nc(N)c(C(=O)N2CCCCCCC2)s1. The van der Waals surface area contributed by atoms with Gasteiger partial charge in [-0.25, -0.2) is 4.98 Å². The number of amides is 1. The number of hydrogen-bond donors (Lipinski definition) is 1. The minimum atomic E-state index is 0.0605. The van der Waals surface area contributed by atoms with E-state index in [4.69, 9.17) is 5.73 Å². The van der Waals surface area contributed by atoms with Crippen molar-refractivity contribution in [1.82, 2.24) is 9.88 Å². The van der Waals surface area contributed by atoms with Crippen molar-refractivity contribution >= 4 is 28.2 Å². The van der Waals surface area contributed by atoms with Gasteiger partial charge in [-0.15, -0.1) is 0 Å². The first-order valence-electron chi connectivity index (χ1n) is 7.97. The van der Waals surface area contributed by atoms with Crippen LogP contribution in [0.2, 0.25) is 0 Å². The number of nitrogen functional groups attached to an aromatic ring is 1. The van der Waals surface area contributed by atoms with E-state index in [-0.39, 0.29) is 5.91 Å². The van der Waals surface area contributed by atoms with Crippen LogP contribution in [0, 0.1) is 0 Å². The van der Waals surface area contributed by atoms with Crippen molar-refractivity contribution in [3.63, 3.8) is 0 Å². The predicted octanol–water partition coefficient (Wildman–Crippen LogP) is 2.98. The molecule has 0 spiro atoms. The molecule has 0 saturated carbocycles. The van der Waals surface area contributed by atoms with Gasteiger partial charge in [-0.2, -0.15) is 0 Å². The first-order valence-corrected chi connectivity index (χ1v) is 8.79. The van der Waals surface area contributed by atoms with E-state index in [0.29, 0.717) is 10.7 Å². The summed E-state index contributed by atoms with van der Waals surface area (Å²) in [5.41, 5.74) is 5.99. The maximum absolute atomic E-state index is 12.7. The van der Waals surface area contributed by atoms with Crippen LogP contribution >= 0.6 is 11.3 Å². The van der Waals surface area contributed by atoms with Crippen molar-refractivity contribution in [3.05, 3.63) is 4.88 Å². The van der Waals surface area contributed by atoms with Crippen LogP contribution in [0.15, 0.2) is 0 Å². The number of thiazole rings is 1. The Morgan fingerprint density at radius 2 is 1.76 bits per heavy atom. The van der Waals surface area contributed by atoms with Gasteiger partial charge in [0.1, 0.15) is 10.7 Å². The van der Waals surface area contributed by atoms with Crippen LogP contribution in [0.5, 0.6) is 0 Å². The highest BCUT2D eigenvalue weighted by molar-refractivity contribution is 7.18. The summed E-state index contributed by atoms with van der Waals surface area (Å²) in [5, 5.41) is 0.855. The first kappa shape index (κ1) is 16.1. The molecule has 6 heteroatoms. The van der Waals surface area contributed by atoms with Gasteiger partial charge in [0.15, 0.2) is 5.13 Å². The van der Waals surface area contributed by atoms with Crippen LogP contribution in [0.4, 0.5) is 10.9 Å². The molecular formula is C15H26N4OS. The zero-order chi connectivity index (χ0) is 15.2. The number of anilines is 2. The molecule has 5 nitrogen and oxygen atoms in total. The standard InChI is InChI=1S/C15H26N4OS/c1-3-18(4-2)15-17-13(16)12(21-15)14(20)19-10-8-6-5-7-9-11-19/h3-11,16H2,1-2H3. The van der Waals surface area contributed by atoms with Gasteiger partial charge < -0.3 is 15.5 Å². The summed E-state index contributed by atoms with van der Waals surface area (Å²) >= 11 is 1.43. The average molecular weight is 310 g/mol. The van der Waals surface area contributed by atoms with Gasteiger partial charge in [-0.05, 0) is 26.7 Å². The van der Waals surface area contributed by atoms with E-state index < -0.39 is 0 Å². The smallest absolute Gasteiger partial charge is 0.267 e. The molecular weight excluding hydrogens is 284 g/mol. The molecule has 1 aromatic rings. The molecule has 118 valence electrons. The fourth-order valence-electron chi connectivity index (χ4n) is 2.70. The minimum Gasteiger partial charge on any atom is -0.382 e. The van der Waals surface area contributed by atoms with Crippen molar-refractivity contribution in [2.45, 2.75) is 46.0 Å². The van der Waals surface area contributed by atoms with Crippen molar-refractivity contribution in [1.29, 1.82) is 0 Å². The molecule has 21 heavy (non-hydrogen) atoms. The van der Waals surface area contributed by atoms with E-state index in [2.05, 4.69) is 23.7 Å². The lowest BCUT2D eigenvalue weighted by atomic mass is 10.1. The molecule has 1 aromatic heterocycles. The normalized spacial score (nSPS) is 16.4. The van der Waals surface area contributed by atoms with Crippen molar-refractivity contribution in [3.8, 4) is 0 Å². The number of carbonyl (C=O) groups excluding carboxylic acids is 1. The number of carbonyl (C=O) groups is 1. The van der Waals surface area contributed by atoms with Gasteiger partial charge in [0, 0.05) is 26.2 Å². The summed E-state index contributed by atoms with van der Waals surface area (Å²) in [6, 6.07) is 0. The zero-order valence-corrected chi connectivity index (χ0v) is 13.9. The Kier molecular flexibility index (Phi) is 5.85. The summed E-state index contributed by atoms with van der Waals surface area (Å²) in [6.07, 6.45) is 5.90. The van der Waals surface area contributed by atoms with Crippen LogP contribution in [0.25, 0.3) is 0 Å². The third-order valence-corrected chi connectivity index (χ3v) is 5.13. The summed E-state index contributed by atoms with van der Waals surface area (Å²) < 4.78 is 0. The Balaban J connectivity index is 2.14. The molecule has 1 fully saturated rings. The highest BCUT2D eigenvalue weighted by Gasteiger charge is 2.23. The molecule has 2 heterocycles. The maximum Gasteiger partial charge on any atom is 0.267 e. The molecule has 0 atom stereocenters. The van der Waals surface area contributed by atoms with Gasteiger partial charge >= 0.3 is 0 Å². The quantitative estimate of drug-likeness (QED) is 0.928. The monoisotopic (exact) mass is 310 g/mol. The molecule has 2 rings (SSSR count). The van der Waals surface area contributed by atoms with Crippen LogP contribution in [0.1, 0.15) is 55.6 Å². The summed E-state index contributed by atoms with van der Waals surface area (Å²) in [4.78, 5) is 21.8. The third-order valence-electron chi connectivity index (χ3n) is 4.01. The van der Waals surface area contributed by atoms with E-state index in [1.54, 1.807) is 0 Å². The highest BCUT2D eigenvalue weighted by Crippen LogP contribution is 2.29. The van der Waals surface area contributed by atoms with E-state index in [9.17, 15) is 4.79 Å². The average Bonchev–Trinajstić information content (AvgIpc) is 2.81. The number of nitrogens with two attached hydrogens (primary N) is 1. The highest BCUT2D eigenvalue weighted by atomic mass is 32.1. The Hall–Kier alpha value is -1.30. The number of hydrogen-bond acceptors (Lipinski definition) is 5. The van der Waals surface area contributed by atoms with Gasteiger partial charge in [-0.3, -0.25) is 4.79 Å². The summed E-state index contributed by atoms with van der Waals surface area (Å²) in [7, 11) is 0. The van der Waals surface area contributed by atoms with Crippen molar-refractivity contribution < 1.29 is 4.79 Å². The second kappa shape index (κ2) is 7.64. The van der Waals surface area contributed by atoms with E-state index in [0.717, 1.165) is 44.2 Å². The topological polar surface area (TPSA) is 62.5 Å². The Labute approximate surface area is 131 Å². The molecule has 0 bridgehead atoms. The lowest BCUT2D eigenvalue weighted by Gasteiger charge is -2.24. The maximum atomic E-state index is 12.7. The Bertz CT molecular complexity index is 462. The number of aromatic nitrogens is 1. The molecule has 0 aliphatic carbocycles. The van der Waals surface area contributed by atoms with Crippen LogP contribution < -0.4 is 10.6 Å². The third kappa shape index (κ3) is 3.87. The largest absolute Gasteiger partial charge is 0.382 e. The van der Waals surface area contributed by atoms with E-state index in [1.807, 2.05) is 4.90 Å². The van der Waals surface area contributed by atoms with Crippen molar-refractivity contribution in [2.75, 3.05) is 36.8 Å². The fourth-order valence-corrected chi connectivity index (χ4v) is 3.78. The van der Waals surface area contributed by atoms with Gasteiger partial charge in [0.2, 0.25) is 0 Å². The lowest BCUT2D eigenvalue weighted by molar-refractivity contribution is 0.0748. The second-order valence-electron chi connectivity index (χ2n) is 5.44. The molecule has 0 unspecified atom stereocenters. The first-order chi connectivity index (χ1) is 10.2. The molecule has 0 radical (unpaired) electrons. The fraction of sp³-hybridized carbons (Fsp3) is 0.733. The van der Waals surface area contributed by atoms with E-state index >= 15 is 0 Å². The molecule has 0 aromatic carbocycles. The Morgan fingerprint density at radius 3 is 2.33 bits per heavy atom. The minimum absolute atomic E-state index is 0.0605. The van der Waals surface area contributed by atoms with Gasteiger partial charge in [0.05, 0.1) is 0 Å². The van der Waals surface area contributed by atoms with Gasteiger partial charge in [-0.1, -0.05) is 30.6 Å². The molecule has 2 N–H and O–H groups in total. The van der Waals surface area contributed by atoms with Crippen molar-refractivity contribution in [2.24, 2.45) is 0 Å². The second-order valence-corrected chi connectivity index (χ2v) is 6.42. The number of likely N-dealkylation sites (tertiary alicyclic amines) is 1. The number of rotatable bonds is 4. The lowest BCUT2D eigenvalue weighted by Crippen LogP contribution is -2.33. The summed E-state index contributed by atoms with van der Waals surface area (Å²) in [5.74, 6) is 0.444. The number of nitrogens with zero attached hydrogens (tertiary/aromatic N) is 3. The molecule has 1 amide bonds. The van der Waals surface area contributed by atoms with Gasteiger partial charge in [0.25, 0.3) is 5.91 Å². The molecule has 1 saturated heterocycles. The van der Waals surface area contributed by atoms with Crippen LogP contribution in [-0.2, 0) is 0 Å².